The molecule has 0 aliphatic heterocycles. The number of aliphatic hydroxyl groups excluding tert-OH is 1. The third kappa shape index (κ3) is 3.18. The van der Waals surface area contributed by atoms with E-state index in [4.69, 9.17) is 4.74 Å². The lowest BCUT2D eigenvalue weighted by Crippen LogP contribution is -2.31. The van der Waals surface area contributed by atoms with Crippen LogP contribution < -0.4 is 4.90 Å². The molecule has 1 saturated carbocycles. The van der Waals surface area contributed by atoms with Crippen molar-refractivity contribution in [2.24, 2.45) is 0 Å². The van der Waals surface area contributed by atoms with E-state index in [1.54, 1.807) is 13.3 Å². The Labute approximate surface area is 110 Å². The molecule has 17 heavy (non-hydrogen) atoms. The minimum atomic E-state index is 0.0119. The van der Waals surface area contributed by atoms with Gasteiger partial charge in [0.2, 0.25) is 0 Å². The predicted molar refractivity (Wildman–Crippen MR) is 70.1 cm³/mol. The van der Waals surface area contributed by atoms with Gasteiger partial charge in [-0.1, -0.05) is 0 Å². The maximum absolute atomic E-state index is 9.40. The van der Waals surface area contributed by atoms with Crippen molar-refractivity contribution in [2.75, 3.05) is 25.2 Å². The summed E-state index contributed by atoms with van der Waals surface area (Å²) >= 11 is 3.37. The molecule has 1 N–H and O–H groups in total. The molecule has 1 aromatic rings. The van der Waals surface area contributed by atoms with E-state index in [1.165, 1.54) is 12.8 Å². The minimum absolute atomic E-state index is 0.0119. The molecule has 0 radical (unpaired) electrons. The maximum atomic E-state index is 9.40. The molecule has 5 heteroatoms. The fraction of sp³-hybridized carbons (Fsp3) is 0.583. The molecule has 0 bridgehead atoms. The maximum Gasteiger partial charge on any atom is 0.134 e. The van der Waals surface area contributed by atoms with Crippen molar-refractivity contribution in [3.8, 4) is 0 Å². The first-order valence-corrected chi connectivity index (χ1v) is 6.56. The van der Waals surface area contributed by atoms with Crippen molar-refractivity contribution in [2.45, 2.75) is 25.5 Å². The largest absolute Gasteiger partial charge is 0.392 e. The van der Waals surface area contributed by atoms with Crippen LogP contribution in [-0.4, -0.2) is 36.4 Å². The zero-order valence-corrected chi connectivity index (χ0v) is 11.5. The molecule has 0 saturated heterocycles. The molecule has 1 aliphatic carbocycles. The van der Waals surface area contributed by atoms with Crippen molar-refractivity contribution >= 4 is 21.7 Å². The van der Waals surface area contributed by atoms with Crippen LogP contribution in [0.5, 0.6) is 0 Å². The van der Waals surface area contributed by atoms with Crippen LogP contribution in [0.1, 0.15) is 18.4 Å². The highest BCUT2D eigenvalue weighted by molar-refractivity contribution is 9.10. The molecule has 94 valence electrons. The number of halogens is 1. The summed E-state index contributed by atoms with van der Waals surface area (Å²) in [6.07, 6.45) is 4.18. The van der Waals surface area contributed by atoms with Gasteiger partial charge in [-0.25, -0.2) is 4.98 Å². The van der Waals surface area contributed by atoms with Crippen LogP contribution in [0.3, 0.4) is 0 Å². The Kier molecular flexibility index (Phi) is 4.36. The van der Waals surface area contributed by atoms with E-state index in [9.17, 15) is 5.11 Å². The average molecular weight is 301 g/mol. The highest BCUT2D eigenvalue weighted by atomic mass is 79.9. The van der Waals surface area contributed by atoms with Gasteiger partial charge >= 0.3 is 0 Å². The van der Waals surface area contributed by atoms with Gasteiger partial charge in [0, 0.05) is 35.9 Å². The van der Waals surface area contributed by atoms with Gasteiger partial charge in [0.25, 0.3) is 0 Å². The Morgan fingerprint density at radius 1 is 1.59 bits per heavy atom. The second-order valence-electron chi connectivity index (χ2n) is 4.21. The summed E-state index contributed by atoms with van der Waals surface area (Å²) in [6.45, 7) is 1.51. The number of anilines is 1. The quantitative estimate of drug-likeness (QED) is 0.872. The first-order chi connectivity index (χ1) is 8.26. The number of ether oxygens (including phenoxy) is 1. The summed E-state index contributed by atoms with van der Waals surface area (Å²) in [5, 5.41) is 9.40. The van der Waals surface area contributed by atoms with E-state index in [0.29, 0.717) is 12.6 Å². The molecule has 0 aromatic carbocycles. The first kappa shape index (κ1) is 12.8. The van der Waals surface area contributed by atoms with Crippen molar-refractivity contribution in [3.63, 3.8) is 0 Å². The van der Waals surface area contributed by atoms with Crippen LogP contribution in [-0.2, 0) is 11.3 Å². The fourth-order valence-electron chi connectivity index (χ4n) is 1.89. The average Bonchev–Trinajstić information content (AvgIpc) is 3.15. The van der Waals surface area contributed by atoms with E-state index >= 15 is 0 Å². The molecule has 0 amide bonds. The summed E-state index contributed by atoms with van der Waals surface area (Å²) in [7, 11) is 1.70. The summed E-state index contributed by atoms with van der Waals surface area (Å²) < 4.78 is 6.02. The molecule has 0 atom stereocenters. The van der Waals surface area contributed by atoms with Gasteiger partial charge in [0.1, 0.15) is 5.82 Å². The fourth-order valence-corrected chi connectivity index (χ4v) is 2.26. The lowest BCUT2D eigenvalue weighted by atomic mass is 10.2. The molecule has 1 aromatic heterocycles. The molecular weight excluding hydrogens is 284 g/mol. The standard InChI is InChI=1S/C12H17BrN2O2/c1-17-5-4-15(11-2-3-11)12-9(8-16)6-10(13)7-14-12/h6-7,11,16H,2-5,8H2,1H3. The molecular formula is C12H17BrN2O2. The second kappa shape index (κ2) is 5.80. The van der Waals surface area contributed by atoms with Crippen molar-refractivity contribution < 1.29 is 9.84 Å². The third-order valence-electron chi connectivity index (χ3n) is 2.88. The Hall–Kier alpha value is -0.650. The molecule has 4 nitrogen and oxygen atoms in total. The van der Waals surface area contributed by atoms with Crippen LogP contribution in [0.4, 0.5) is 5.82 Å². The van der Waals surface area contributed by atoms with Gasteiger partial charge < -0.3 is 14.7 Å². The van der Waals surface area contributed by atoms with E-state index in [1.807, 2.05) is 6.07 Å². The predicted octanol–water partition coefficient (Wildman–Crippen LogP) is 1.95. The number of nitrogens with zero attached hydrogens (tertiary/aromatic N) is 2. The highest BCUT2D eigenvalue weighted by Crippen LogP contribution is 2.32. The number of hydrogen-bond donors (Lipinski definition) is 1. The van der Waals surface area contributed by atoms with Gasteiger partial charge in [0.15, 0.2) is 0 Å². The highest BCUT2D eigenvalue weighted by Gasteiger charge is 2.30. The smallest absolute Gasteiger partial charge is 0.134 e. The molecule has 0 unspecified atom stereocenters. The summed E-state index contributed by atoms with van der Waals surface area (Å²) in [6, 6.07) is 2.48. The zero-order chi connectivity index (χ0) is 12.3. The molecule has 1 aliphatic rings. The van der Waals surface area contributed by atoms with E-state index in [2.05, 4.69) is 25.8 Å². The molecule has 2 rings (SSSR count). The monoisotopic (exact) mass is 300 g/mol. The van der Waals surface area contributed by atoms with Crippen molar-refractivity contribution in [3.05, 3.63) is 22.3 Å². The number of rotatable bonds is 6. The summed E-state index contributed by atoms with van der Waals surface area (Å²) in [4.78, 5) is 6.66. The topological polar surface area (TPSA) is 45.6 Å². The lowest BCUT2D eigenvalue weighted by molar-refractivity contribution is 0.204. The van der Waals surface area contributed by atoms with Crippen LogP contribution >= 0.6 is 15.9 Å². The number of methoxy groups -OCH3 is 1. The van der Waals surface area contributed by atoms with Gasteiger partial charge in [-0.05, 0) is 34.8 Å². The second-order valence-corrected chi connectivity index (χ2v) is 5.13. The molecule has 0 spiro atoms. The minimum Gasteiger partial charge on any atom is -0.392 e. The molecule has 1 fully saturated rings. The van der Waals surface area contributed by atoms with Crippen LogP contribution in [0, 0.1) is 0 Å². The van der Waals surface area contributed by atoms with Crippen molar-refractivity contribution in [1.29, 1.82) is 0 Å². The molecule has 1 heterocycles. The Bertz CT molecular complexity index is 383. The van der Waals surface area contributed by atoms with E-state index < -0.39 is 0 Å². The Balaban J connectivity index is 2.21. The van der Waals surface area contributed by atoms with Crippen molar-refractivity contribution in [1.82, 2.24) is 4.98 Å². The summed E-state index contributed by atoms with van der Waals surface area (Å²) in [5.41, 5.74) is 0.863. The van der Waals surface area contributed by atoms with Crippen LogP contribution in [0.2, 0.25) is 0 Å². The van der Waals surface area contributed by atoms with Gasteiger partial charge in [0.05, 0.1) is 13.2 Å². The summed E-state index contributed by atoms with van der Waals surface area (Å²) in [5.74, 6) is 0.884. The van der Waals surface area contributed by atoms with E-state index in [-0.39, 0.29) is 6.61 Å². The number of hydrogen-bond acceptors (Lipinski definition) is 4. The normalized spacial score (nSPS) is 15.0. The first-order valence-electron chi connectivity index (χ1n) is 5.77. The zero-order valence-electron chi connectivity index (χ0n) is 9.90. The lowest BCUT2D eigenvalue weighted by Gasteiger charge is -2.25. The number of aliphatic hydroxyl groups is 1. The van der Waals surface area contributed by atoms with E-state index in [0.717, 1.165) is 22.4 Å². The Morgan fingerprint density at radius 3 is 2.94 bits per heavy atom. The van der Waals surface area contributed by atoms with Crippen LogP contribution in [0.25, 0.3) is 0 Å². The SMILES string of the molecule is COCCN(c1ncc(Br)cc1CO)C1CC1. The number of aromatic nitrogens is 1. The number of pyridine rings is 1. The van der Waals surface area contributed by atoms with Crippen LogP contribution in [0.15, 0.2) is 16.7 Å². The van der Waals surface area contributed by atoms with Gasteiger partial charge in [-0.3, -0.25) is 0 Å². The van der Waals surface area contributed by atoms with Gasteiger partial charge in [-0.15, -0.1) is 0 Å². The third-order valence-corrected chi connectivity index (χ3v) is 3.31. The van der Waals surface area contributed by atoms with Gasteiger partial charge in [-0.2, -0.15) is 0 Å². The Morgan fingerprint density at radius 2 is 2.35 bits per heavy atom.